The van der Waals surface area contributed by atoms with Gasteiger partial charge in [0, 0.05) is 6.61 Å². The minimum Gasteiger partial charge on any atom is -0.379 e. The van der Waals surface area contributed by atoms with Gasteiger partial charge in [-0.3, -0.25) is 72.8 Å². The third-order valence-corrected chi connectivity index (χ3v) is 22.9. The highest BCUT2D eigenvalue weighted by Crippen LogP contribution is 2.44. The van der Waals surface area contributed by atoms with Gasteiger partial charge >= 0.3 is 166 Å². The standard InChI is InChI=1S/C40H72O76S16/c1-2-3-4-5-6-89-7-8-90-9-10-91-36-31(112-128(74,75)76)26(21(106-122(56,57)58)16(97-36)11-92-117(41,42)43)102-37-32(113-129(77,78)79)27(22(107-123(59,60)61)17(98-37)12-93-118(44,45)46)103-38-33(114-130(80,81)82)28(23(108-124(62,63)64)18(99-38)13-94-119(47,48)49)104-39-34(115-131(83,84)85)29(24(109-125(65,66)67)19(100-39)14-95-120(50,51)52)105-40-35(116-132(86,87)88)30(111-127(71,72)73)25(110-126(68,69)70)20(101-40)15-96-121(53,54)55/h16-40H,2-15H2,1H3,(H,41,42,43)(H,44,45,46)(H,47,48,49)(H,50,51,52)(H,53,54,55)(H,56,57,58)(H,59,60,61)(H,62,63,64)(H,65,66,67)(H,68,69,70)(H,71,72,73)(H,74,75,76)(H,77,78,79)(H,80,81,82)(H,83,84,85)(H,86,87,88)/t16-,17-,18-,19-,20-,21-,22-,23-,24-,25-,26+,27+,28+,29+,30+,31-,32-,33-,34-,35-,36-,37+,38+,39+,40+/m1/s1. The van der Waals surface area contributed by atoms with Gasteiger partial charge in [-0.25, -0.2) is 66.9 Å². The van der Waals surface area contributed by atoms with Gasteiger partial charge < -0.3 is 56.8 Å². The van der Waals surface area contributed by atoms with Crippen LogP contribution < -0.4 is 0 Å². The van der Waals surface area contributed by atoms with E-state index < -0.39 is 366 Å². The molecule has 0 aromatic heterocycles. The van der Waals surface area contributed by atoms with E-state index in [-0.39, 0.29) is 19.8 Å². The SMILES string of the molecule is CCCCCCOCCOCCO[C@@H]1O[C@H](COS(=O)(=O)O)[C@@H](OS(=O)(=O)O)[C@H](O[C@@H]2O[C@H](COS(=O)(=O)O)[C@@H](OS(=O)(=O)O)[C@H](O[C@@H]3O[C@H](COS(=O)(=O)O)[C@@H](OS(=O)(=O)O)[C@H](O[C@@H]4O[C@H](COS(=O)(=O)O)[C@@H](OS(=O)(=O)O)[C@H](O[C@@H]5O[C@H](COS(=O)(=O)O)[C@@H](OS(=O)(=O)O)[C@H](OS(=O)(=O)O)[C@H]5OS(=O)(=O)O)[C@H]4OS(=O)(=O)O)[C@H]3OS(=O)(=O)O)[C@H]2OS(=O)(=O)O)[C@H]1OS(=O)(=O)O. The summed E-state index contributed by atoms with van der Waals surface area (Å²) >= 11 is 0. The second-order valence-corrected chi connectivity index (χ2v) is 42.2. The molecule has 0 saturated carbocycles. The third kappa shape index (κ3) is 45.6. The van der Waals surface area contributed by atoms with Crippen molar-refractivity contribution in [3.63, 3.8) is 0 Å². The van der Waals surface area contributed by atoms with Crippen molar-refractivity contribution in [3.8, 4) is 0 Å². The van der Waals surface area contributed by atoms with Crippen molar-refractivity contribution in [2.75, 3.05) is 66.1 Å². The highest BCUT2D eigenvalue weighted by atomic mass is 32.3. The van der Waals surface area contributed by atoms with E-state index in [4.69, 9.17) is 56.8 Å². The molecule has 5 aliphatic heterocycles. The predicted octanol–water partition coefficient (Wildman–Crippen LogP) is -12.1. The predicted molar refractivity (Wildman–Crippen MR) is 383 cm³/mol. The number of unbranched alkanes of at least 4 members (excludes halogenated alkanes) is 3. The summed E-state index contributed by atoms with van der Waals surface area (Å²) in [6.07, 6.45) is -93.3. The van der Waals surface area contributed by atoms with Gasteiger partial charge in [-0.1, -0.05) is 26.2 Å². The van der Waals surface area contributed by atoms with E-state index in [1.165, 1.54) is 0 Å². The average molecular weight is 2280 g/mol. The van der Waals surface area contributed by atoms with Crippen LogP contribution in [0.1, 0.15) is 32.6 Å². The van der Waals surface area contributed by atoms with Crippen molar-refractivity contribution in [1.29, 1.82) is 0 Å². The molecule has 5 rings (SSSR count). The third-order valence-electron chi connectivity index (χ3n) is 15.6. The van der Waals surface area contributed by atoms with Crippen LogP contribution in [0.5, 0.6) is 0 Å². The largest absolute Gasteiger partial charge is 0.397 e. The van der Waals surface area contributed by atoms with Gasteiger partial charge in [0.15, 0.2) is 62.0 Å². The number of hydrogen-bond acceptors (Lipinski definition) is 60. The van der Waals surface area contributed by atoms with E-state index in [0.29, 0.717) is 12.8 Å². The first-order valence-electron chi connectivity index (χ1n) is 33.3. The Bertz CT molecular complexity index is 5820. The lowest BCUT2D eigenvalue weighted by molar-refractivity contribution is -0.385. The Balaban J connectivity index is 2.02. The van der Waals surface area contributed by atoms with Crippen molar-refractivity contribution in [1.82, 2.24) is 0 Å². The summed E-state index contributed by atoms with van der Waals surface area (Å²) in [4.78, 5) is 0. The highest BCUT2D eigenvalue weighted by molar-refractivity contribution is 7.84. The molecule has 5 heterocycles. The zero-order valence-electron chi connectivity index (χ0n) is 63.5. The van der Waals surface area contributed by atoms with Gasteiger partial charge in [0.2, 0.25) is 0 Å². The van der Waals surface area contributed by atoms with Crippen molar-refractivity contribution < 1.29 is 331 Å². The molecule has 5 fully saturated rings. The van der Waals surface area contributed by atoms with Gasteiger partial charge in [-0.05, 0) is 6.42 Å². The summed E-state index contributed by atoms with van der Waals surface area (Å²) in [6, 6.07) is 0. The molecular weight excluding hydrogens is 2210 g/mol. The maximum atomic E-state index is 13.4. The van der Waals surface area contributed by atoms with E-state index >= 15 is 0 Å². The normalized spacial score (nSPS) is 31.4. The van der Waals surface area contributed by atoms with E-state index in [1.807, 2.05) is 6.92 Å². The van der Waals surface area contributed by atoms with Crippen LogP contribution in [0.4, 0.5) is 0 Å². The Morgan fingerprint density at radius 3 is 0.576 bits per heavy atom. The summed E-state index contributed by atoms with van der Waals surface area (Å²) in [5.41, 5.74) is 0. The Hall–Kier alpha value is -2.56. The van der Waals surface area contributed by atoms with Crippen LogP contribution in [0.3, 0.4) is 0 Å². The van der Waals surface area contributed by atoms with Gasteiger partial charge in [-0.15, -0.1) is 0 Å². The van der Waals surface area contributed by atoms with E-state index in [1.54, 1.807) is 0 Å². The van der Waals surface area contributed by atoms with Crippen molar-refractivity contribution >= 4 is 166 Å². The minimum absolute atomic E-state index is 0.148. The first-order valence-corrected chi connectivity index (χ1v) is 55.1. The summed E-state index contributed by atoms with van der Waals surface area (Å²) in [5, 5.41) is 0. The fraction of sp³-hybridized carbons (Fsp3) is 1.00. The van der Waals surface area contributed by atoms with Gasteiger partial charge in [-0.2, -0.15) is 135 Å². The Kier molecular flexibility index (Phi) is 42.8. The first kappa shape index (κ1) is 120. The molecule has 25 atom stereocenters. The van der Waals surface area contributed by atoms with Crippen LogP contribution in [0.15, 0.2) is 0 Å². The number of ether oxygens (including phenoxy) is 12. The Labute approximate surface area is 745 Å². The quantitative estimate of drug-likeness (QED) is 0.0199. The van der Waals surface area contributed by atoms with Crippen LogP contribution in [-0.2, 0) is 290 Å². The van der Waals surface area contributed by atoms with E-state index in [9.17, 15) is 208 Å². The highest BCUT2D eigenvalue weighted by Gasteiger charge is 2.65. The maximum absolute atomic E-state index is 13.4. The van der Waals surface area contributed by atoms with Crippen molar-refractivity contribution in [2.45, 2.75) is 186 Å². The first-order chi connectivity index (χ1) is 59.3. The molecule has 0 radical (unpaired) electrons. The molecule has 0 spiro atoms. The molecule has 0 amide bonds. The van der Waals surface area contributed by atoms with Gasteiger partial charge in [0.1, 0.15) is 91.6 Å². The average Bonchev–Trinajstić information content (AvgIpc) is 0.746. The molecule has 132 heavy (non-hydrogen) atoms. The monoisotopic (exact) mass is 2280 g/mol. The molecule has 5 saturated heterocycles. The molecule has 0 aromatic carbocycles. The molecule has 0 aliphatic carbocycles. The van der Waals surface area contributed by atoms with Gasteiger partial charge in [0.05, 0.1) is 59.5 Å². The van der Waals surface area contributed by atoms with Crippen molar-refractivity contribution in [3.05, 3.63) is 0 Å². The molecule has 92 heteroatoms. The summed E-state index contributed by atoms with van der Waals surface area (Å²) in [5.74, 6) is 0. The summed E-state index contributed by atoms with van der Waals surface area (Å²) in [7, 11) is -106. The molecule has 0 unspecified atom stereocenters. The van der Waals surface area contributed by atoms with Gasteiger partial charge in [0.25, 0.3) is 0 Å². The minimum atomic E-state index is -7.14. The summed E-state index contributed by atoms with van der Waals surface area (Å²) in [6.45, 7) is -12.6. The molecule has 5 aliphatic rings. The van der Waals surface area contributed by atoms with E-state index in [0.717, 1.165) is 12.8 Å². The lowest BCUT2D eigenvalue weighted by atomic mass is 9.95. The molecule has 76 nitrogen and oxygen atoms in total. The van der Waals surface area contributed by atoms with Crippen LogP contribution in [-0.4, -0.2) is 427 Å². The molecule has 784 valence electrons. The molecule has 16 N–H and O–H groups in total. The lowest BCUT2D eigenvalue weighted by Crippen LogP contribution is -2.70. The zero-order chi connectivity index (χ0) is 101. The Morgan fingerprint density at radius 2 is 0.364 bits per heavy atom. The fourth-order valence-corrected chi connectivity index (χ4v) is 18.6. The second-order valence-electron chi connectivity index (χ2n) is 25.2. The number of hydrogen-bond donors (Lipinski definition) is 16. The lowest BCUT2D eigenvalue weighted by Gasteiger charge is -2.51. The van der Waals surface area contributed by atoms with E-state index in [2.05, 4.69) is 66.9 Å². The zero-order valence-corrected chi connectivity index (χ0v) is 76.6. The van der Waals surface area contributed by atoms with Crippen LogP contribution in [0, 0.1) is 0 Å². The maximum Gasteiger partial charge on any atom is 0.397 e. The molecule has 0 bridgehead atoms. The second kappa shape index (κ2) is 47.1. The van der Waals surface area contributed by atoms with Crippen LogP contribution in [0.25, 0.3) is 0 Å². The van der Waals surface area contributed by atoms with Crippen LogP contribution >= 0.6 is 0 Å². The fourth-order valence-electron chi connectivity index (χ4n) is 11.6. The topological polar surface area (TPSA) is 1130 Å². The smallest absolute Gasteiger partial charge is 0.379 e. The summed E-state index contributed by atoms with van der Waals surface area (Å²) < 4.78 is 701. The molecular formula is C40H72O76S16. The van der Waals surface area contributed by atoms with Crippen LogP contribution in [0.2, 0.25) is 0 Å². The number of rotatable bonds is 57. The molecule has 0 aromatic rings. The van der Waals surface area contributed by atoms with Crippen molar-refractivity contribution in [2.24, 2.45) is 0 Å². The Morgan fingerprint density at radius 1 is 0.189 bits per heavy atom.